The van der Waals surface area contributed by atoms with Crippen molar-refractivity contribution in [2.24, 2.45) is 0 Å². The number of rotatable bonds is 1. The van der Waals surface area contributed by atoms with E-state index in [1.54, 1.807) is 6.92 Å². The van der Waals surface area contributed by atoms with E-state index >= 15 is 0 Å². The van der Waals surface area contributed by atoms with E-state index < -0.39 is 6.10 Å². The largest absolute Gasteiger partial charge is 0.487 e. The van der Waals surface area contributed by atoms with Gasteiger partial charge in [0.05, 0.1) is 16.3 Å². The summed E-state index contributed by atoms with van der Waals surface area (Å²) in [6, 6.07) is 3.80. The third-order valence-corrected chi connectivity index (χ3v) is 4.05. The Morgan fingerprint density at radius 2 is 2.44 bits per heavy atom. The zero-order valence-corrected chi connectivity index (χ0v) is 10.2. The fourth-order valence-electron chi connectivity index (χ4n) is 1.98. The van der Waals surface area contributed by atoms with Crippen LogP contribution in [0.5, 0.6) is 5.75 Å². The summed E-state index contributed by atoms with van der Waals surface area (Å²) in [7, 11) is 0. The molecule has 0 bridgehead atoms. The Morgan fingerprint density at radius 1 is 1.62 bits per heavy atom. The monoisotopic (exact) mass is 255 g/mol. The fraction of sp³-hybridized carbons (Fsp3) is 0.364. The Morgan fingerprint density at radius 3 is 3.19 bits per heavy atom. The Hall–Kier alpha value is -0.840. The summed E-state index contributed by atoms with van der Waals surface area (Å²) in [6.45, 7) is 1.74. The van der Waals surface area contributed by atoms with E-state index in [0.29, 0.717) is 4.47 Å². The van der Waals surface area contributed by atoms with E-state index in [0.717, 1.165) is 28.0 Å². The van der Waals surface area contributed by atoms with Crippen LogP contribution < -0.4 is 4.74 Å². The fourth-order valence-corrected chi connectivity index (χ4v) is 3.14. The molecule has 0 aliphatic carbocycles. The highest BCUT2D eigenvalue weighted by Gasteiger charge is 2.29. The zero-order valence-electron chi connectivity index (χ0n) is 8.61. The molecule has 0 unspecified atom stereocenters. The summed E-state index contributed by atoms with van der Waals surface area (Å²) in [5.74, 6) is 0.846. The number of thiazole rings is 1. The molecular weight excluding hydrogens is 246 g/mol. The zero-order chi connectivity index (χ0) is 11.3. The SMILES string of the molecule is C[C@H](O)[C@@H]1Cc2c(ccc3nc(Cl)sc23)O1. The Labute approximate surface area is 102 Å². The van der Waals surface area contributed by atoms with Gasteiger partial charge in [0.1, 0.15) is 11.9 Å². The standard InChI is InChI=1S/C11H10ClNO2S/c1-5(14)9-4-6-8(15-9)3-2-7-10(6)16-11(12)13-7/h2-3,5,9,14H,4H2,1H3/t5-,9-/m0/s1. The minimum absolute atomic E-state index is 0.151. The summed E-state index contributed by atoms with van der Waals surface area (Å²) >= 11 is 7.36. The molecule has 3 rings (SSSR count). The van der Waals surface area contributed by atoms with Crippen LogP contribution in [0.15, 0.2) is 12.1 Å². The van der Waals surface area contributed by atoms with Gasteiger partial charge in [-0.3, -0.25) is 0 Å². The number of hydrogen-bond donors (Lipinski definition) is 1. The van der Waals surface area contributed by atoms with Crippen molar-refractivity contribution in [2.75, 3.05) is 0 Å². The van der Waals surface area contributed by atoms with Crippen molar-refractivity contribution in [2.45, 2.75) is 25.6 Å². The van der Waals surface area contributed by atoms with Crippen molar-refractivity contribution in [1.82, 2.24) is 4.98 Å². The van der Waals surface area contributed by atoms with Crippen LogP contribution in [-0.2, 0) is 6.42 Å². The van der Waals surface area contributed by atoms with Gasteiger partial charge in [-0.15, -0.1) is 11.3 Å². The van der Waals surface area contributed by atoms with Crippen LogP contribution in [-0.4, -0.2) is 22.3 Å². The second-order valence-electron chi connectivity index (χ2n) is 3.96. The average Bonchev–Trinajstić information content (AvgIpc) is 2.77. The first kappa shape index (κ1) is 10.3. The van der Waals surface area contributed by atoms with Gasteiger partial charge < -0.3 is 9.84 Å². The predicted octanol–water partition coefficient (Wildman–Crippen LogP) is 2.63. The Kier molecular flexibility index (Phi) is 2.31. The predicted molar refractivity (Wildman–Crippen MR) is 64.4 cm³/mol. The third-order valence-electron chi connectivity index (χ3n) is 2.81. The highest BCUT2D eigenvalue weighted by Crippen LogP contribution is 2.39. The van der Waals surface area contributed by atoms with Gasteiger partial charge in [0.25, 0.3) is 0 Å². The average molecular weight is 256 g/mol. The molecule has 16 heavy (non-hydrogen) atoms. The number of halogens is 1. The minimum Gasteiger partial charge on any atom is -0.487 e. The number of benzene rings is 1. The second-order valence-corrected chi connectivity index (χ2v) is 5.54. The van der Waals surface area contributed by atoms with Gasteiger partial charge in [-0.25, -0.2) is 4.98 Å². The number of ether oxygens (including phenoxy) is 1. The first-order valence-electron chi connectivity index (χ1n) is 5.08. The molecule has 2 heterocycles. The smallest absolute Gasteiger partial charge is 0.184 e. The van der Waals surface area contributed by atoms with E-state index in [-0.39, 0.29) is 6.10 Å². The van der Waals surface area contributed by atoms with Crippen molar-refractivity contribution in [3.8, 4) is 5.75 Å². The quantitative estimate of drug-likeness (QED) is 0.852. The van der Waals surface area contributed by atoms with E-state index in [4.69, 9.17) is 16.3 Å². The number of aliphatic hydroxyl groups is 1. The first-order valence-corrected chi connectivity index (χ1v) is 6.27. The molecule has 0 saturated carbocycles. The summed E-state index contributed by atoms with van der Waals surface area (Å²) in [5, 5.41) is 9.54. The van der Waals surface area contributed by atoms with Gasteiger partial charge in [0.15, 0.2) is 4.47 Å². The van der Waals surface area contributed by atoms with Gasteiger partial charge in [0, 0.05) is 12.0 Å². The molecule has 1 aliphatic heterocycles. The summed E-state index contributed by atoms with van der Waals surface area (Å²) in [6.07, 6.45) is 0.107. The molecule has 0 amide bonds. The number of nitrogens with zero attached hydrogens (tertiary/aromatic N) is 1. The lowest BCUT2D eigenvalue weighted by Crippen LogP contribution is -2.26. The van der Waals surface area contributed by atoms with E-state index in [9.17, 15) is 5.11 Å². The summed E-state index contributed by atoms with van der Waals surface area (Å²) in [5.41, 5.74) is 2.02. The number of aliphatic hydroxyl groups excluding tert-OH is 1. The molecular formula is C11H10ClNO2S. The van der Waals surface area contributed by atoms with Crippen LogP contribution >= 0.6 is 22.9 Å². The van der Waals surface area contributed by atoms with Crippen molar-refractivity contribution >= 4 is 33.2 Å². The molecule has 2 aromatic rings. The van der Waals surface area contributed by atoms with Gasteiger partial charge in [-0.05, 0) is 19.1 Å². The molecule has 1 aromatic carbocycles. The van der Waals surface area contributed by atoms with Crippen molar-refractivity contribution < 1.29 is 9.84 Å². The Balaban J connectivity index is 2.13. The highest BCUT2D eigenvalue weighted by atomic mass is 35.5. The third kappa shape index (κ3) is 1.49. The van der Waals surface area contributed by atoms with E-state index in [2.05, 4.69) is 4.98 Å². The molecule has 0 radical (unpaired) electrons. The summed E-state index contributed by atoms with van der Waals surface area (Å²) in [4.78, 5) is 4.23. The van der Waals surface area contributed by atoms with Crippen LogP contribution in [0.1, 0.15) is 12.5 Å². The van der Waals surface area contributed by atoms with Gasteiger partial charge in [-0.1, -0.05) is 11.6 Å². The molecule has 5 heteroatoms. The normalized spacial score (nSPS) is 20.8. The molecule has 84 valence electrons. The van der Waals surface area contributed by atoms with Gasteiger partial charge in [0.2, 0.25) is 0 Å². The van der Waals surface area contributed by atoms with Crippen LogP contribution in [0, 0.1) is 0 Å². The molecule has 2 atom stereocenters. The lowest BCUT2D eigenvalue weighted by Gasteiger charge is -2.12. The number of fused-ring (bicyclic) bond motifs is 3. The second kappa shape index (κ2) is 3.58. The maximum absolute atomic E-state index is 9.54. The van der Waals surface area contributed by atoms with Crippen molar-refractivity contribution in [3.63, 3.8) is 0 Å². The van der Waals surface area contributed by atoms with Gasteiger partial charge in [-0.2, -0.15) is 0 Å². The maximum Gasteiger partial charge on any atom is 0.184 e. The van der Waals surface area contributed by atoms with Crippen molar-refractivity contribution in [3.05, 3.63) is 22.2 Å². The molecule has 0 spiro atoms. The number of hydrogen-bond acceptors (Lipinski definition) is 4. The first-order chi connectivity index (χ1) is 7.65. The highest BCUT2D eigenvalue weighted by molar-refractivity contribution is 7.22. The van der Waals surface area contributed by atoms with Crippen LogP contribution in [0.25, 0.3) is 10.2 Å². The molecule has 3 nitrogen and oxygen atoms in total. The topological polar surface area (TPSA) is 42.4 Å². The molecule has 0 fully saturated rings. The Bertz CT molecular complexity index is 552. The summed E-state index contributed by atoms with van der Waals surface area (Å²) < 4.78 is 7.29. The van der Waals surface area contributed by atoms with Gasteiger partial charge >= 0.3 is 0 Å². The lowest BCUT2D eigenvalue weighted by molar-refractivity contribution is 0.0632. The molecule has 1 N–H and O–H groups in total. The van der Waals surface area contributed by atoms with E-state index in [1.165, 1.54) is 11.3 Å². The maximum atomic E-state index is 9.54. The van der Waals surface area contributed by atoms with Crippen LogP contribution in [0.3, 0.4) is 0 Å². The van der Waals surface area contributed by atoms with Crippen LogP contribution in [0.2, 0.25) is 4.47 Å². The minimum atomic E-state index is -0.467. The van der Waals surface area contributed by atoms with E-state index in [1.807, 2.05) is 12.1 Å². The molecule has 1 aromatic heterocycles. The number of aromatic nitrogens is 1. The lowest BCUT2D eigenvalue weighted by atomic mass is 10.1. The molecule has 0 saturated heterocycles. The van der Waals surface area contributed by atoms with Crippen LogP contribution in [0.4, 0.5) is 0 Å². The van der Waals surface area contributed by atoms with Crippen molar-refractivity contribution in [1.29, 1.82) is 0 Å². The molecule has 1 aliphatic rings.